The van der Waals surface area contributed by atoms with E-state index < -0.39 is 7.94 Å². The van der Waals surface area contributed by atoms with Crippen molar-refractivity contribution in [1.29, 1.82) is 0 Å². The Kier molecular flexibility index (Phi) is 8.38. The number of hydrogen-bond acceptors (Lipinski definition) is 3. The van der Waals surface area contributed by atoms with E-state index in [1.165, 1.54) is 0 Å². The van der Waals surface area contributed by atoms with E-state index in [9.17, 15) is 0 Å². The summed E-state index contributed by atoms with van der Waals surface area (Å²) in [5, 5.41) is 0. The Balaban J connectivity index is 2.94. The molecule has 0 bridgehead atoms. The standard InChI is InChI=1S/C18H33O3P/c1-15(2)12-19-22(14-17(5)6,20-13-16(3)4)21-18-10-8-7-9-11-18/h7-11,15-17,22H,12-14H2,1-6H3. The fourth-order valence-electron chi connectivity index (χ4n) is 2.02. The number of rotatable bonds is 10. The molecule has 1 rings (SSSR count). The molecule has 0 saturated carbocycles. The summed E-state index contributed by atoms with van der Waals surface area (Å²) in [6.07, 6.45) is 0.835. The summed E-state index contributed by atoms with van der Waals surface area (Å²) in [7, 11) is -2.72. The van der Waals surface area contributed by atoms with Crippen LogP contribution in [0.4, 0.5) is 0 Å². The van der Waals surface area contributed by atoms with Crippen LogP contribution in [0.25, 0.3) is 0 Å². The van der Waals surface area contributed by atoms with Crippen LogP contribution in [0.1, 0.15) is 41.5 Å². The van der Waals surface area contributed by atoms with Crippen molar-refractivity contribution in [3.63, 3.8) is 0 Å². The molecule has 0 fully saturated rings. The fraction of sp³-hybridized carbons (Fsp3) is 0.667. The van der Waals surface area contributed by atoms with Gasteiger partial charge in [0.1, 0.15) is 0 Å². The monoisotopic (exact) mass is 328 g/mol. The molecule has 1 aromatic rings. The average molecular weight is 328 g/mol. The number of para-hydroxylation sites is 1. The van der Waals surface area contributed by atoms with Gasteiger partial charge in [-0.2, -0.15) is 0 Å². The Hall–Kier alpha value is -0.630. The molecule has 0 aliphatic heterocycles. The minimum absolute atomic E-state index is 0.459. The molecule has 128 valence electrons. The normalized spacial score (nSPS) is 13.1. The Morgan fingerprint density at radius 2 is 1.27 bits per heavy atom. The molecular weight excluding hydrogens is 295 g/mol. The summed E-state index contributed by atoms with van der Waals surface area (Å²) in [5.41, 5.74) is 0. The minimum atomic E-state index is -2.72. The molecular formula is C18H33O3P. The third-order valence-electron chi connectivity index (χ3n) is 2.95. The molecule has 0 N–H and O–H groups in total. The Morgan fingerprint density at radius 3 is 1.68 bits per heavy atom. The molecule has 0 atom stereocenters. The van der Waals surface area contributed by atoms with Gasteiger partial charge in [0, 0.05) is 0 Å². The van der Waals surface area contributed by atoms with Crippen molar-refractivity contribution in [1.82, 2.24) is 0 Å². The molecule has 0 heterocycles. The predicted octanol–water partition coefficient (Wildman–Crippen LogP) is 5.56. The van der Waals surface area contributed by atoms with Crippen molar-refractivity contribution in [2.45, 2.75) is 41.5 Å². The summed E-state index contributed by atoms with van der Waals surface area (Å²) in [4.78, 5) is 0. The molecule has 22 heavy (non-hydrogen) atoms. The van der Waals surface area contributed by atoms with E-state index in [1.807, 2.05) is 30.3 Å². The van der Waals surface area contributed by atoms with E-state index in [0.717, 1.165) is 11.9 Å². The van der Waals surface area contributed by atoms with Crippen molar-refractivity contribution in [2.24, 2.45) is 17.8 Å². The SMILES string of the molecule is CC(C)CO[PH](CC(C)C)(OCC(C)C)Oc1ccccc1. The van der Waals surface area contributed by atoms with Gasteiger partial charge in [-0.3, -0.25) is 0 Å². The Labute approximate surface area is 136 Å². The van der Waals surface area contributed by atoms with Crippen LogP contribution in [0.2, 0.25) is 0 Å². The molecule has 0 aromatic heterocycles. The van der Waals surface area contributed by atoms with Crippen LogP contribution in [0.3, 0.4) is 0 Å². The number of benzene rings is 1. The molecule has 0 unspecified atom stereocenters. The maximum atomic E-state index is 6.31. The topological polar surface area (TPSA) is 27.7 Å². The van der Waals surface area contributed by atoms with E-state index >= 15 is 0 Å². The van der Waals surface area contributed by atoms with Gasteiger partial charge in [0.25, 0.3) is 0 Å². The van der Waals surface area contributed by atoms with Gasteiger partial charge in [-0.15, -0.1) is 0 Å². The van der Waals surface area contributed by atoms with Gasteiger partial charge < -0.3 is 0 Å². The molecule has 0 spiro atoms. The summed E-state index contributed by atoms with van der Waals surface area (Å²) in [5.74, 6) is 2.22. The van der Waals surface area contributed by atoms with Crippen molar-refractivity contribution in [2.75, 3.05) is 19.4 Å². The van der Waals surface area contributed by atoms with Gasteiger partial charge in [0.15, 0.2) is 0 Å². The van der Waals surface area contributed by atoms with Gasteiger partial charge in [0.05, 0.1) is 0 Å². The van der Waals surface area contributed by atoms with Gasteiger partial charge in [0.2, 0.25) is 0 Å². The second kappa shape index (κ2) is 9.50. The molecule has 0 radical (unpaired) electrons. The van der Waals surface area contributed by atoms with Gasteiger partial charge in [-0.05, 0) is 0 Å². The van der Waals surface area contributed by atoms with Crippen molar-refractivity contribution in [3.05, 3.63) is 30.3 Å². The maximum absolute atomic E-state index is 6.31. The van der Waals surface area contributed by atoms with Crippen molar-refractivity contribution < 1.29 is 13.6 Å². The third kappa shape index (κ3) is 7.58. The third-order valence-corrected chi connectivity index (χ3v) is 6.02. The number of hydrogen-bond donors (Lipinski definition) is 0. The van der Waals surface area contributed by atoms with Crippen LogP contribution in [-0.4, -0.2) is 19.4 Å². The predicted molar refractivity (Wildman–Crippen MR) is 96.7 cm³/mol. The summed E-state index contributed by atoms with van der Waals surface area (Å²) in [6, 6.07) is 9.89. The van der Waals surface area contributed by atoms with Crippen molar-refractivity contribution >= 4 is 7.94 Å². The molecule has 1 aromatic carbocycles. The summed E-state index contributed by atoms with van der Waals surface area (Å²) in [6.45, 7) is 14.3. The zero-order valence-electron chi connectivity index (χ0n) is 15.0. The van der Waals surface area contributed by atoms with Gasteiger partial charge >= 0.3 is 136 Å². The molecule has 0 saturated heterocycles. The molecule has 0 amide bonds. The average Bonchev–Trinajstić information content (AvgIpc) is 2.43. The van der Waals surface area contributed by atoms with Crippen LogP contribution in [0.15, 0.2) is 30.3 Å². The fourth-order valence-corrected chi connectivity index (χ4v) is 5.21. The van der Waals surface area contributed by atoms with Crippen LogP contribution >= 0.6 is 7.94 Å². The second-order valence-corrected chi connectivity index (χ2v) is 9.66. The first-order chi connectivity index (χ1) is 10.3. The van der Waals surface area contributed by atoms with E-state index in [0.29, 0.717) is 31.0 Å². The molecule has 0 aliphatic carbocycles. The zero-order valence-corrected chi connectivity index (χ0v) is 16.0. The summed E-state index contributed by atoms with van der Waals surface area (Å²) >= 11 is 0. The van der Waals surface area contributed by atoms with E-state index in [2.05, 4.69) is 41.5 Å². The second-order valence-electron chi connectivity index (χ2n) is 7.11. The van der Waals surface area contributed by atoms with Crippen LogP contribution in [0, 0.1) is 17.8 Å². The molecule has 0 aliphatic rings. The van der Waals surface area contributed by atoms with Gasteiger partial charge in [-0.25, -0.2) is 0 Å². The first kappa shape index (κ1) is 19.4. The van der Waals surface area contributed by atoms with E-state index in [4.69, 9.17) is 13.6 Å². The van der Waals surface area contributed by atoms with Crippen LogP contribution in [-0.2, 0) is 9.05 Å². The van der Waals surface area contributed by atoms with Crippen molar-refractivity contribution in [3.8, 4) is 5.75 Å². The van der Waals surface area contributed by atoms with Crippen LogP contribution < -0.4 is 4.52 Å². The molecule has 3 nitrogen and oxygen atoms in total. The Morgan fingerprint density at radius 1 is 0.773 bits per heavy atom. The first-order valence-electron chi connectivity index (χ1n) is 8.35. The van der Waals surface area contributed by atoms with E-state index in [-0.39, 0.29) is 0 Å². The van der Waals surface area contributed by atoms with Gasteiger partial charge in [-0.1, -0.05) is 0 Å². The van der Waals surface area contributed by atoms with Crippen LogP contribution in [0.5, 0.6) is 5.75 Å². The zero-order chi connectivity index (χ0) is 16.6. The first-order valence-corrected chi connectivity index (χ1v) is 10.3. The quantitative estimate of drug-likeness (QED) is 0.526. The summed E-state index contributed by atoms with van der Waals surface area (Å²) < 4.78 is 18.8. The molecule has 4 heteroatoms. The Bertz CT molecular complexity index is 392. The van der Waals surface area contributed by atoms with E-state index in [1.54, 1.807) is 0 Å².